The Bertz CT molecular complexity index is 730. The van der Waals surface area contributed by atoms with Gasteiger partial charge in [-0.15, -0.1) is 0 Å². The smallest absolute Gasteiger partial charge is 0.251 e. The first-order valence-corrected chi connectivity index (χ1v) is 10.0. The molecule has 8 nitrogen and oxygen atoms in total. The lowest BCUT2D eigenvalue weighted by atomic mass is 10.2. The summed E-state index contributed by atoms with van der Waals surface area (Å²) in [6.45, 7) is 1.55. The van der Waals surface area contributed by atoms with E-state index in [1.54, 1.807) is 18.2 Å². The summed E-state index contributed by atoms with van der Waals surface area (Å²) in [6.07, 6.45) is 2.90. The maximum absolute atomic E-state index is 12.2. The van der Waals surface area contributed by atoms with E-state index >= 15 is 0 Å². The second-order valence-corrected chi connectivity index (χ2v) is 8.06. The third kappa shape index (κ3) is 4.62. The summed E-state index contributed by atoms with van der Waals surface area (Å²) in [5.41, 5.74) is 0.439. The van der Waals surface area contributed by atoms with Crippen LogP contribution in [0.5, 0.6) is 11.5 Å². The maximum Gasteiger partial charge on any atom is 0.251 e. The Kier molecular flexibility index (Phi) is 5.45. The average Bonchev–Trinajstić information content (AvgIpc) is 3.23. The molecule has 2 heterocycles. The molecule has 0 saturated carbocycles. The van der Waals surface area contributed by atoms with Crippen LogP contribution >= 0.6 is 0 Å². The van der Waals surface area contributed by atoms with Crippen LogP contribution in [-0.4, -0.2) is 64.0 Å². The molecule has 138 valence electrons. The number of rotatable bonds is 7. The van der Waals surface area contributed by atoms with Gasteiger partial charge in [0.15, 0.2) is 11.5 Å². The molecule has 0 bridgehead atoms. The summed E-state index contributed by atoms with van der Waals surface area (Å²) in [5.74, 6) is 0.851. The third-order valence-electron chi connectivity index (χ3n) is 4.18. The Morgan fingerprint density at radius 2 is 2.12 bits per heavy atom. The number of amides is 1. The molecule has 25 heavy (non-hydrogen) atoms. The minimum atomic E-state index is -3.36. The van der Waals surface area contributed by atoms with Gasteiger partial charge in [-0.25, -0.2) is 8.42 Å². The topological polar surface area (TPSA) is 94.2 Å². The lowest BCUT2D eigenvalue weighted by Gasteiger charge is -2.23. The van der Waals surface area contributed by atoms with Crippen LogP contribution < -0.4 is 14.8 Å². The first-order chi connectivity index (χ1) is 11.9. The largest absolute Gasteiger partial charge is 0.454 e. The highest BCUT2D eigenvalue weighted by atomic mass is 32.2. The highest BCUT2D eigenvalue weighted by Gasteiger charge is 2.24. The fraction of sp³-hybridized carbons (Fsp3) is 0.562. The summed E-state index contributed by atoms with van der Waals surface area (Å²) < 4.78 is 41.1. The number of hydrogen-bond acceptors (Lipinski definition) is 6. The van der Waals surface area contributed by atoms with Gasteiger partial charge in [-0.05, 0) is 31.0 Å². The van der Waals surface area contributed by atoms with Gasteiger partial charge in [-0.1, -0.05) is 0 Å². The van der Waals surface area contributed by atoms with Crippen molar-refractivity contribution in [2.45, 2.75) is 18.9 Å². The molecule has 1 saturated heterocycles. The molecule has 0 spiro atoms. The van der Waals surface area contributed by atoms with Crippen molar-refractivity contribution in [1.29, 1.82) is 0 Å². The van der Waals surface area contributed by atoms with E-state index in [0.29, 0.717) is 30.2 Å². The van der Waals surface area contributed by atoms with Crippen molar-refractivity contribution in [1.82, 2.24) is 9.62 Å². The van der Waals surface area contributed by atoms with Crippen molar-refractivity contribution in [3.05, 3.63) is 23.8 Å². The number of ether oxygens (including phenoxy) is 3. The number of hydrogen-bond donors (Lipinski definition) is 1. The molecule has 1 aromatic carbocycles. The molecule has 0 aromatic heterocycles. The van der Waals surface area contributed by atoms with Gasteiger partial charge >= 0.3 is 0 Å². The van der Waals surface area contributed by atoms with Crippen LogP contribution in [0.15, 0.2) is 18.2 Å². The first kappa shape index (κ1) is 18.0. The number of nitrogens with one attached hydrogen (secondary N) is 1. The minimum absolute atomic E-state index is 0.0701. The Morgan fingerprint density at radius 3 is 2.84 bits per heavy atom. The Hall–Kier alpha value is -1.84. The van der Waals surface area contributed by atoms with Crippen LogP contribution in [0.2, 0.25) is 0 Å². The fourth-order valence-corrected chi connectivity index (χ4v) is 3.70. The van der Waals surface area contributed by atoms with E-state index in [0.717, 1.165) is 12.8 Å². The molecule has 9 heteroatoms. The normalized spacial score (nSPS) is 19.4. The van der Waals surface area contributed by atoms with Crippen molar-refractivity contribution in [2.24, 2.45) is 0 Å². The summed E-state index contributed by atoms with van der Waals surface area (Å²) in [6, 6.07) is 4.93. The lowest BCUT2D eigenvalue weighted by Crippen LogP contribution is -2.41. The third-order valence-corrected chi connectivity index (χ3v) is 5.45. The summed E-state index contributed by atoms with van der Waals surface area (Å²) in [5, 5.41) is 2.74. The second-order valence-electron chi connectivity index (χ2n) is 6.08. The van der Waals surface area contributed by atoms with Gasteiger partial charge in [-0.3, -0.25) is 4.79 Å². The number of carbonyl (C=O) groups excluding carboxylic acids is 1. The van der Waals surface area contributed by atoms with Crippen LogP contribution in [0.4, 0.5) is 0 Å². The molecule has 1 aromatic rings. The van der Waals surface area contributed by atoms with E-state index in [1.165, 1.54) is 10.6 Å². The highest BCUT2D eigenvalue weighted by molar-refractivity contribution is 7.88. The monoisotopic (exact) mass is 370 g/mol. The minimum Gasteiger partial charge on any atom is -0.454 e. The molecule has 1 unspecified atom stereocenters. The quantitative estimate of drug-likeness (QED) is 0.755. The van der Waals surface area contributed by atoms with Crippen LogP contribution in [0.3, 0.4) is 0 Å². The van der Waals surface area contributed by atoms with E-state index in [9.17, 15) is 13.2 Å². The molecule has 3 rings (SSSR count). The van der Waals surface area contributed by atoms with Gasteiger partial charge in [0.2, 0.25) is 16.8 Å². The van der Waals surface area contributed by atoms with Crippen molar-refractivity contribution in [3.63, 3.8) is 0 Å². The molecule has 1 atom stereocenters. The van der Waals surface area contributed by atoms with Crippen LogP contribution in [0.25, 0.3) is 0 Å². The van der Waals surface area contributed by atoms with Crippen molar-refractivity contribution in [3.8, 4) is 11.5 Å². The number of benzene rings is 1. The SMILES string of the molecule is CS(=O)(=O)N(CCNC(=O)c1ccc2c(c1)OCO2)CC1CCCO1. The van der Waals surface area contributed by atoms with E-state index < -0.39 is 10.0 Å². The number of nitrogens with zero attached hydrogens (tertiary/aromatic N) is 1. The van der Waals surface area contributed by atoms with E-state index in [-0.39, 0.29) is 31.9 Å². The first-order valence-electron chi connectivity index (χ1n) is 8.18. The summed E-state index contributed by atoms with van der Waals surface area (Å²) in [4.78, 5) is 12.2. The Labute approximate surface area is 147 Å². The van der Waals surface area contributed by atoms with E-state index in [4.69, 9.17) is 14.2 Å². The van der Waals surface area contributed by atoms with Crippen LogP contribution in [0, 0.1) is 0 Å². The summed E-state index contributed by atoms with van der Waals surface area (Å²) in [7, 11) is -3.36. The molecule has 1 amide bonds. The number of carbonyl (C=O) groups is 1. The maximum atomic E-state index is 12.2. The van der Waals surface area contributed by atoms with E-state index in [2.05, 4.69) is 5.32 Å². The molecule has 2 aliphatic rings. The van der Waals surface area contributed by atoms with Gasteiger partial charge in [-0.2, -0.15) is 4.31 Å². The Morgan fingerprint density at radius 1 is 1.32 bits per heavy atom. The number of sulfonamides is 1. The molecule has 1 N–H and O–H groups in total. The highest BCUT2D eigenvalue weighted by Crippen LogP contribution is 2.32. The molecule has 0 aliphatic carbocycles. The van der Waals surface area contributed by atoms with Crippen LogP contribution in [-0.2, 0) is 14.8 Å². The molecular formula is C16H22N2O6S. The molecule has 0 radical (unpaired) electrons. The van der Waals surface area contributed by atoms with Crippen LogP contribution in [0.1, 0.15) is 23.2 Å². The molecule has 2 aliphatic heterocycles. The zero-order chi connectivity index (χ0) is 17.9. The van der Waals surface area contributed by atoms with Crippen molar-refractivity contribution >= 4 is 15.9 Å². The van der Waals surface area contributed by atoms with Gasteiger partial charge in [0.05, 0.1) is 12.4 Å². The second kappa shape index (κ2) is 7.59. The predicted molar refractivity (Wildman–Crippen MR) is 90.3 cm³/mol. The van der Waals surface area contributed by atoms with Gasteiger partial charge < -0.3 is 19.5 Å². The van der Waals surface area contributed by atoms with Gasteiger partial charge in [0, 0.05) is 31.8 Å². The molecular weight excluding hydrogens is 348 g/mol. The lowest BCUT2D eigenvalue weighted by molar-refractivity contribution is 0.0910. The zero-order valence-corrected chi connectivity index (χ0v) is 14.9. The van der Waals surface area contributed by atoms with E-state index in [1.807, 2.05) is 0 Å². The van der Waals surface area contributed by atoms with Gasteiger partial charge in [0.1, 0.15) is 0 Å². The van der Waals surface area contributed by atoms with Crippen molar-refractivity contribution in [2.75, 3.05) is 39.3 Å². The number of fused-ring (bicyclic) bond motifs is 1. The van der Waals surface area contributed by atoms with Gasteiger partial charge in [0.25, 0.3) is 5.91 Å². The average molecular weight is 370 g/mol. The Balaban J connectivity index is 1.53. The predicted octanol–water partition coefficient (Wildman–Crippen LogP) is 0.586. The standard InChI is InChI=1S/C16H22N2O6S/c1-25(20,21)18(10-13-3-2-8-22-13)7-6-17-16(19)12-4-5-14-15(9-12)24-11-23-14/h4-5,9,13H,2-3,6-8,10-11H2,1H3,(H,17,19). The van der Waals surface area contributed by atoms with Crippen molar-refractivity contribution < 1.29 is 27.4 Å². The zero-order valence-electron chi connectivity index (χ0n) is 14.1. The molecule has 1 fully saturated rings. The summed E-state index contributed by atoms with van der Waals surface area (Å²) >= 11 is 0. The fourth-order valence-electron chi connectivity index (χ4n) is 2.84.